The lowest BCUT2D eigenvalue weighted by molar-refractivity contribution is 0.174. The summed E-state index contributed by atoms with van der Waals surface area (Å²) < 4.78 is 38.5. The molecule has 3 aromatic rings. The fourth-order valence-electron chi connectivity index (χ4n) is 3.17. The van der Waals surface area contributed by atoms with Gasteiger partial charge >= 0.3 is 0 Å². The number of thiophene rings is 1. The molecular weight excluding hydrogens is 384 g/mol. The minimum Gasteiger partial charge on any atom is -0.454 e. The summed E-state index contributed by atoms with van der Waals surface area (Å²) in [6, 6.07) is 11.8. The van der Waals surface area contributed by atoms with Crippen molar-refractivity contribution >= 4 is 22.9 Å². The van der Waals surface area contributed by atoms with E-state index < -0.39 is 11.6 Å². The highest BCUT2D eigenvalue weighted by Crippen LogP contribution is 2.38. The van der Waals surface area contributed by atoms with E-state index in [0.717, 1.165) is 39.5 Å². The third-order valence-electron chi connectivity index (χ3n) is 4.57. The molecule has 1 aromatic heterocycles. The van der Waals surface area contributed by atoms with Crippen molar-refractivity contribution in [1.82, 2.24) is 5.32 Å². The maximum atomic E-state index is 14.2. The number of rotatable bonds is 3. The van der Waals surface area contributed by atoms with Crippen LogP contribution < -0.4 is 20.1 Å². The Kier molecular flexibility index (Phi) is 4.12. The summed E-state index contributed by atoms with van der Waals surface area (Å²) >= 11 is 1.37. The Morgan fingerprint density at radius 3 is 2.93 bits per heavy atom. The molecule has 2 aromatic carbocycles. The molecule has 0 atom stereocenters. The third-order valence-corrected chi connectivity index (χ3v) is 5.74. The fraction of sp³-hybridized carbons (Fsp3) is 0.150. The molecule has 3 heterocycles. The lowest BCUT2D eigenvalue weighted by Crippen LogP contribution is -2.27. The lowest BCUT2D eigenvalue weighted by Gasteiger charge is -2.16. The monoisotopic (exact) mass is 399 g/mol. The van der Waals surface area contributed by atoms with E-state index in [-0.39, 0.29) is 12.4 Å². The first-order valence-electron chi connectivity index (χ1n) is 8.68. The van der Waals surface area contributed by atoms with Crippen LogP contribution in [0, 0.1) is 11.6 Å². The number of nitrogens with one attached hydrogen (secondary N) is 2. The molecule has 0 fully saturated rings. The number of benzene rings is 2. The highest BCUT2D eigenvalue weighted by molar-refractivity contribution is 7.18. The number of hydrogen-bond acceptors (Lipinski definition) is 6. The van der Waals surface area contributed by atoms with Crippen LogP contribution in [0.25, 0.3) is 10.4 Å². The predicted octanol–water partition coefficient (Wildman–Crippen LogP) is 4.34. The third kappa shape index (κ3) is 2.95. The Morgan fingerprint density at radius 2 is 2.00 bits per heavy atom. The van der Waals surface area contributed by atoms with E-state index in [1.54, 1.807) is 6.07 Å². The van der Waals surface area contributed by atoms with Crippen LogP contribution in [-0.4, -0.2) is 19.3 Å². The van der Waals surface area contributed by atoms with Gasteiger partial charge in [-0.3, -0.25) is 0 Å². The van der Waals surface area contributed by atoms with Gasteiger partial charge in [-0.1, -0.05) is 18.2 Å². The van der Waals surface area contributed by atoms with Crippen LogP contribution >= 0.6 is 11.3 Å². The van der Waals surface area contributed by atoms with E-state index >= 15 is 0 Å². The molecule has 0 unspecified atom stereocenters. The van der Waals surface area contributed by atoms with Crippen LogP contribution in [0.4, 0.5) is 14.5 Å². The Bertz CT molecular complexity index is 1100. The van der Waals surface area contributed by atoms with Crippen LogP contribution in [0.2, 0.25) is 0 Å². The normalized spacial score (nSPS) is 14.3. The molecule has 0 amide bonds. The van der Waals surface area contributed by atoms with Crippen LogP contribution in [0.3, 0.4) is 0 Å². The van der Waals surface area contributed by atoms with Gasteiger partial charge in [0, 0.05) is 17.0 Å². The van der Waals surface area contributed by atoms with Crippen molar-refractivity contribution < 1.29 is 18.3 Å². The fourth-order valence-corrected chi connectivity index (χ4v) is 4.31. The highest BCUT2D eigenvalue weighted by Gasteiger charge is 2.21. The zero-order valence-electron chi connectivity index (χ0n) is 14.6. The molecule has 0 radical (unpaired) electrons. The lowest BCUT2D eigenvalue weighted by atomic mass is 10.1. The summed E-state index contributed by atoms with van der Waals surface area (Å²) in [5, 5.41) is 6.51. The van der Waals surface area contributed by atoms with E-state index in [1.807, 2.05) is 24.3 Å². The smallest absolute Gasteiger partial charge is 0.231 e. The minimum absolute atomic E-state index is 0.239. The molecule has 0 aliphatic carbocycles. The van der Waals surface area contributed by atoms with Gasteiger partial charge < -0.3 is 20.1 Å². The van der Waals surface area contributed by atoms with Crippen LogP contribution in [-0.2, 0) is 6.54 Å². The highest BCUT2D eigenvalue weighted by atomic mass is 32.1. The summed E-state index contributed by atoms with van der Waals surface area (Å²) in [5.41, 5.74) is 2.13. The topological polar surface area (TPSA) is 54.9 Å². The number of halogens is 2. The molecule has 8 heteroatoms. The van der Waals surface area contributed by atoms with Crippen LogP contribution in [0.5, 0.6) is 11.5 Å². The number of aliphatic imine (C=N–C) groups is 1. The zero-order valence-corrected chi connectivity index (χ0v) is 15.4. The molecule has 5 nitrogen and oxygen atoms in total. The number of fused-ring (bicyclic) bond motifs is 2. The summed E-state index contributed by atoms with van der Waals surface area (Å²) in [6.45, 7) is 1.21. The molecule has 2 N–H and O–H groups in total. The predicted molar refractivity (Wildman–Crippen MR) is 104 cm³/mol. The van der Waals surface area contributed by atoms with Gasteiger partial charge in [0.15, 0.2) is 23.1 Å². The van der Waals surface area contributed by atoms with Crippen molar-refractivity contribution in [3.05, 3.63) is 64.5 Å². The van der Waals surface area contributed by atoms with E-state index in [4.69, 9.17) is 9.47 Å². The molecule has 2 aliphatic heterocycles. The van der Waals surface area contributed by atoms with E-state index in [1.165, 1.54) is 17.4 Å². The summed E-state index contributed by atoms with van der Waals surface area (Å²) in [5.74, 6) is 0.497. The van der Waals surface area contributed by atoms with Gasteiger partial charge in [0.25, 0.3) is 0 Å². The largest absolute Gasteiger partial charge is 0.454 e. The first-order chi connectivity index (χ1) is 13.7. The van der Waals surface area contributed by atoms with E-state index in [9.17, 15) is 8.78 Å². The summed E-state index contributed by atoms with van der Waals surface area (Å²) in [4.78, 5) is 6.00. The van der Waals surface area contributed by atoms with Gasteiger partial charge in [0.2, 0.25) is 6.79 Å². The van der Waals surface area contributed by atoms with Crippen LogP contribution in [0.15, 0.2) is 47.5 Å². The van der Waals surface area contributed by atoms with Crippen molar-refractivity contribution in [3.63, 3.8) is 0 Å². The number of ether oxygens (including phenoxy) is 2. The van der Waals surface area contributed by atoms with Crippen LogP contribution in [0.1, 0.15) is 10.4 Å². The second-order valence-corrected chi connectivity index (χ2v) is 7.39. The Balaban J connectivity index is 1.39. The Hall–Kier alpha value is -3.13. The Labute approximate surface area is 163 Å². The van der Waals surface area contributed by atoms with E-state index in [2.05, 4.69) is 15.6 Å². The van der Waals surface area contributed by atoms with Crippen molar-refractivity contribution in [2.45, 2.75) is 6.54 Å². The van der Waals surface area contributed by atoms with E-state index in [0.29, 0.717) is 18.1 Å². The SMILES string of the molecule is Fc1cccc(-c2cc3c(s2)C(NCc2ccc4c(c2)OCO4)=NCN3)c1F. The van der Waals surface area contributed by atoms with Gasteiger partial charge in [-0.15, -0.1) is 11.3 Å². The molecule has 28 heavy (non-hydrogen) atoms. The molecule has 2 aliphatic rings. The average Bonchev–Trinajstić information content (AvgIpc) is 3.34. The number of amidine groups is 1. The second-order valence-electron chi connectivity index (χ2n) is 6.34. The van der Waals surface area contributed by atoms with Crippen molar-refractivity contribution in [2.24, 2.45) is 4.99 Å². The Morgan fingerprint density at radius 1 is 1.11 bits per heavy atom. The molecule has 0 spiro atoms. The minimum atomic E-state index is -0.855. The standard InChI is InChI=1S/C20H15F2N3O2S/c21-13-3-1-2-12(18(13)22)17-7-14-19(28-17)20(25-9-24-14)23-8-11-4-5-15-16(6-11)27-10-26-15/h1-7,24H,8-10H2,(H,23,25). The molecule has 0 saturated heterocycles. The quantitative estimate of drug-likeness (QED) is 0.688. The second kappa shape index (κ2) is 6.79. The maximum absolute atomic E-state index is 14.2. The average molecular weight is 399 g/mol. The van der Waals surface area contributed by atoms with Crippen molar-refractivity contribution in [3.8, 4) is 21.9 Å². The first-order valence-corrected chi connectivity index (χ1v) is 9.50. The van der Waals surface area contributed by atoms with Gasteiger partial charge in [-0.25, -0.2) is 13.8 Å². The molecule has 0 saturated carbocycles. The summed E-state index contributed by atoms with van der Waals surface area (Å²) in [7, 11) is 0. The molecule has 5 rings (SSSR count). The molecular formula is C20H15F2N3O2S. The van der Waals surface area contributed by atoms with Gasteiger partial charge in [0.05, 0.1) is 10.6 Å². The maximum Gasteiger partial charge on any atom is 0.231 e. The van der Waals surface area contributed by atoms with Gasteiger partial charge in [-0.05, 0) is 29.8 Å². The number of anilines is 1. The van der Waals surface area contributed by atoms with Crippen molar-refractivity contribution in [2.75, 3.05) is 18.8 Å². The summed E-state index contributed by atoms with van der Waals surface area (Å²) in [6.07, 6.45) is 0. The molecule has 142 valence electrons. The number of hydrogen-bond donors (Lipinski definition) is 2. The van der Waals surface area contributed by atoms with Crippen molar-refractivity contribution in [1.29, 1.82) is 0 Å². The number of nitrogens with zero attached hydrogens (tertiary/aromatic N) is 1. The van der Waals surface area contributed by atoms with Gasteiger partial charge in [-0.2, -0.15) is 0 Å². The zero-order chi connectivity index (χ0) is 19.1. The first kappa shape index (κ1) is 17.0. The molecule has 0 bridgehead atoms. The van der Waals surface area contributed by atoms with Gasteiger partial charge in [0.1, 0.15) is 12.5 Å².